The van der Waals surface area contributed by atoms with Gasteiger partial charge in [-0.25, -0.2) is 9.37 Å². The van der Waals surface area contributed by atoms with Gasteiger partial charge in [0.1, 0.15) is 16.6 Å². The van der Waals surface area contributed by atoms with Crippen LogP contribution in [-0.2, 0) is 29.0 Å². The number of nitrogens with zero attached hydrogens (tertiary/aromatic N) is 1. The lowest BCUT2D eigenvalue weighted by Gasteiger charge is -2.17. The number of furan rings is 1. The highest BCUT2D eigenvalue weighted by molar-refractivity contribution is 7.10. The number of anilines is 1. The summed E-state index contributed by atoms with van der Waals surface area (Å²) in [6.07, 6.45) is 2.62. The Morgan fingerprint density at radius 1 is 1.37 bits per heavy atom. The molecule has 0 radical (unpaired) electrons. The van der Waals surface area contributed by atoms with Crippen molar-refractivity contribution in [3.63, 3.8) is 0 Å². The number of aromatic nitrogens is 1. The summed E-state index contributed by atoms with van der Waals surface area (Å²) in [5.74, 6) is -0.0615. The van der Waals surface area contributed by atoms with E-state index in [1.165, 1.54) is 17.4 Å². The van der Waals surface area contributed by atoms with Crippen LogP contribution in [0.4, 0.5) is 10.1 Å². The molecule has 0 aliphatic carbocycles. The summed E-state index contributed by atoms with van der Waals surface area (Å²) >= 11 is 1.31. The minimum atomic E-state index is -0.449. The average molecular weight is 385 g/mol. The molecule has 2 amide bonds. The molecule has 2 N–H and O–H groups in total. The number of hydrogen-bond acceptors (Lipinski definition) is 5. The number of thiazole rings is 1. The van der Waals surface area contributed by atoms with Crippen LogP contribution in [0.15, 0.2) is 40.3 Å². The summed E-state index contributed by atoms with van der Waals surface area (Å²) in [4.78, 5) is 27.9. The highest BCUT2D eigenvalue weighted by atomic mass is 32.1. The molecule has 3 heterocycles. The Balaban J connectivity index is 1.46. The molecule has 1 aliphatic rings. The van der Waals surface area contributed by atoms with E-state index in [1.54, 1.807) is 29.8 Å². The number of rotatable bonds is 5. The lowest BCUT2D eigenvalue weighted by molar-refractivity contribution is -0.120. The second-order valence-electron chi connectivity index (χ2n) is 6.20. The maximum Gasteiger partial charge on any atom is 0.227 e. The third kappa shape index (κ3) is 3.90. The number of halogens is 1. The van der Waals surface area contributed by atoms with Crippen LogP contribution in [-0.4, -0.2) is 16.8 Å². The van der Waals surface area contributed by atoms with Crippen molar-refractivity contribution in [1.29, 1.82) is 0 Å². The van der Waals surface area contributed by atoms with Crippen molar-refractivity contribution >= 4 is 28.8 Å². The van der Waals surface area contributed by atoms with Crippen molar-refractivity contribution < 1.29 is 18.4 Å². The van der Waals surface area contributed by atoms with Gasteiger partial charge in [0.15, 0.2) is 0 Å². The van der Waals surface area contributed by atoms with Crippen LogP contribution in [0.2, 0.25) is 0 Å². The van der Waals surface area contributed by atoms with Crippen LogP contribution in [0.25, 0.3) is 11.3 Å². The van der Waals surface area contributed by atoms with E-state index in [4.69, 9.17) is 4.42 Å². The zero-order chi connectivity index (χ0) is 18.8. The molecule has 0 spiro atoms. The van der Waals surface area contributed by atoms with Gasteiger partial charge in [-0.2, -0.15) is 0 Å². The van der Waals surface area contributed by atoms with Crippen LogP contribution in [0.5, 0.6) is 0 Å². The normalized spacial score (nSPS) is 13.1. The molecule has 2 aromatic heterocycles. The molecule has 138 valence electrons. The lowest BCUT2D eigenvalue weighted by Crippen LogP contribution is -2.24. The van der Waals surface area contributed by atoms with E-state index in [2.05, 4.69) is 15.6 Å². The third-order valence-electron chi connectivity index (χ3n) is 4.27. The molecule has 0 saturated heterocycles. The zero-order valence-corrected chi connectivity index (χ0v) is 15.1. The van der Waals surface area contributed by atoms with Gasteiger partial charge < -0.3 is 15.1 Å². The summed E-state index contributed by atoms with van der Waals surface area (Å²) in [6.45, 7) is 0.315. The Morgan fingerprint density at radius 2 is 2.26 bits per heavy atom. The third-order valence-corrected chi connectivity index (χ3v) is 5.12. The van der Waals surface area contributed by atoms with Gasteiger partial charge in [0, 0.05) is 23.1 Å². The molecule has 0 atom stereocenters. The fraction of sp³-hybridized carbons (Fsp3) is 0.211. The monoisotopic (exact) mass is 385 g/mol. The molecule has 0 unspecified atom stereocenters. The minimum absolute atomic E-state index is 0.105. The van der Waals surface area contributed by atoms with Gasteiger partial charge in [-0.05, 0) is 36.2 Å². The second kappa shape index (κ2) is 7.32. The molecule has 1 aromatic carbocycles. The summed E-state index contributed by atoms with van der Waals surface area (Å²) < 4.78 is 19.6. The van der Waals surface area contributed by atoms with Gasteiger partial charge in [0.2, 0.25) is 11.8 Å². The predicted octanol–water partition coefficient (Wildman–Crippen LogP) is 3.29. The Hall–Kier alpha value is -3.00. The molecule has 27 heavy (non-hydrogen) atoms. The Kier molecular flexibility index (Phi) is 4.72. The van der Waals surface area contributed by atoms with E-state index < -0.39 is 5.82 Å². The topological polar surface area (TPSA) is 84.2 Å². The van der Waals surface area contributed by atoms with Crippen molar-refractivity contribution in [3.05, 3.63) is 58.1 Å². The van der Waals surface area contributed by atoms with Crippen molar-refractivity contribution in [3.8, 4) is 11.3 Å². The molecule has 8 heteroatoms. The number of hydrogen-bond donors (Lipinski definition) is 2. The van der Waals surface area contributed by atoms with E-state index in [1.807, 2.05) is 0 Å². The quantitative estimate of drug-likeness (QED) is 0.706. The summed E-state index contributed by atoms with van der Waals surface area (Å²) in [6, 6.07) is 6.59. The Bertz CT molecular complexity index is 998. The van der Waals surface area contributed by atoms with E-state index >= 15 is 0 Å². The number of aryl methyl sites for hydroxylation is 1. The summed E-state index contributed by atoms with van der Waals surface area (Å²) in [5.41, 5.74) is 2.27. The first kappa shape index (κ1) is 17.4. The van der Waals surface area contributed by atoms with Crippen LogP contribution < -0.4 is 10.6 Å². The standard InChI is InChI=1S/C19H16FN3O3S/c20-14-7-15-11(3-4-17(24)22-15)6-13(14)16-10-27-19(23-16)8-18(25)21-9-12-2-1-5-26-12/h1-2,5-7,10H,3-4,8-9H2,(H,21,25)(H,22,24). The van der Waals surface area contributed by atoms with Gasteiger partial charge in [-0.15, -0.1) is 11.3 Å². The summed E-state index contributed by atoms with van der Waals surface area (Å²) in [7, 11) is 0. The van der Waals surface area contributed by atoms with Gasteiger partial charge in [0.25, 0.3) is 0 Å². The Labute approximate surface area is 158 Å². The fourth-order valence-electron chi connectivity index (χ4n) is 2.91. The predicted molar refractivity (Wildman–Crippen MR) is 98.7 cm³/mol. The maximum absolute atomic E-state index is 14.5. The van der Waals surface area contributed by atoms with Crippen LogP contribution >= 0.6 is 11.3 Å². The van der Waals surface area contributed by atoms with Crippen molar-refractivity contribution in [2.24, 2.45) is 0 Å². The molecule has 6 nitrogen and oxygen atoms in total. The largest absolute Gasteiger partial charge is 0.467 e. The Morgan fingerprint density at radius 3 is 3.07 bits per heavy atom. The first-order chi connectivity index (χ1) is 13.1. The second-order valence-corrected chi connectivity index (χ2v) is 7.14. The molecule has 1 aliphatic heterocycles. The lowest BCUT2D eigenvalue weighted by atomic mass is 9.99. The highest BCUT2D eigenvalue weighted by Crippen LogP contribution is 2.32. The van der Waals surface area contributed by atoms with Gasteiger partial charge in [-0.3, -0.25) is 9.59 Å². The van der Waals surface area contributed by atoms with E-state index in [9.17, 15) is 14.0 Å². The van der Waals surface area contributed by atoms with E-state index in [-0.39, 0.29) is 18.2 Å². The van der Waals surface area contributed by atoms with Crippen LogP contribution in [0, 0.1) is 5.82 Å². The number of fused-ring (bicyclic) bond motifs is 1. The molecule has 4 rings (SSSR count). The summed E-state index contributed by atoms with van der Waals surface area (Å²) in [5, 5.41) is 7.78. The van der Waals surface area contributed by atoms with Crippen molar-refractivity contribution in [2.75, 3.05) is 5.32 Å². The highest BCUT2D eigenvalue weighted by Gasteiger charge is 2.19. The van der Waals surface area contributed by atoms with Crippen molar-refractivity contribution in [2.45, 2.75) is 25.8 Å². The smallest absolute Gasteiger partial charge is 0.227 e. The molecular weight excluding hydrogens is 369 g/mol. The van der Waals surface area contributed by atoms with E-state index in [0.717, 1.165) is 5.56 Å². The maximum atomic E-state index is 14.5. The number of amides is 2. The van der Waals surface area contributed by atoms with E-state index in [0.29, 0.717) is 47.1 Å². The number of nitrogens with one attached hydrogen (secondary N) is 2. The molecule has 0 saturated carbocycles. The molecule has 3 aromatic rings. The average Bonchev–Trinajstić information content (AvgIpc) is 3.31. The SMILES string of the molecule is O=C(Cc1nc(-c2cc3c(cc2F)NC(=O)CC3)cs1)NCc1ccco1. The molecule has 0 fully saturated rings. The van der Waals surface area contributed by atoms with Crippen molar-refractivity contribution in [1.82, 2.24) is 10.3 Å². The van der Waals surface area contributed by atoms with Gasteiger partial charge in [0.05, 0.1) is 24.9 Å². The molecular formula is C19H16FN3O3S. The number of carbonyl (C=O) groups is 2. The van der Waals surface area contributed by atoms with Gasteiger partial charge >= 0.3 is 0 Å². The van der Waals surface area contributed by atoms with Crippen LogP contribution in [0.3, 0.4) is 0 Å². The minimum Gasteiger partial charge on any atom is -0.467 e. The fourth-order valence-corrected chi connectivity index (χ4v) is 3.71. The zero-order valence-electron chi connectivity index (χ0n) is 14.3. The van der Waals surface area contributed by atoms with Crippen LogP contribution in [0.1, 0.15) is 22.8 Å². The van der Waals surface area contributed by atoms with Gasteiger partial charge in [-0.1, -0.05) is 0 Å². The first-order valence-electron chi connectivity index (χ1n) is 8.44. The molecule has 0 bridgehead atoms. The first-order valence-corrected chi connectivity index (χ1v) is 9.32. The number of carbonyl (C=O) groups excluding carboxylic acids is 2. The number of benzene rings is 1.